The number of carbonyl (C=O) groups is 1. The van der Waals surface area contributed by atoms with Gasteiger partial charge in [0.05, 0.1) is 18.1 Å². The zero-order chi connectivity index (χ0) is 17.5. The van der Waals surface area contributed by atoms with E-state index in [2.05, 4.69) is 50.0 Å². The van der Waals surface area contributed by atoms with Crippen LogP contribution in [-0.4, -0.2) is 23.8 Å². The van der Waals surface area contributed by atoms with Gasteiger partial charge in [-0.25, -0.2) is 0 Å². The van der Waals surface area contributed by atoms with Crippen molar-refractivity contribution in [1.29, 1.82) is 0 Å². The van der Waals surface area contributed by atoms with Crippen LogP contribution in [-0.2, 0) is 14.9 Å². The van der Waals surface area contributed by atoms with Gasteiger partial charge in [-0.3, -0.25) is 4.79 Å². The van der Waals surface area contributed by atoms with E-state index in [0.717, 1.165) is 19.4 Å². The third-order valence-electron chi connectivity index (χ3n) is 4.37. The van der Waals surface area contributed by atoms with Crippen LogP contribution in [0.3, 0.4) is 0 Å². The Hall–Kier alpha value is -1.11. The Bertz CT molecular complexity index is 799. The summed E-state index contributed by atoms with van der Waals surface area (Å²) in [6.07, 6.45) is 0. The number of rotatable bonds is 2. The fraction of sp³-hybridized carbons (Fsp3) is 0.444. The van der Waals surface area contributed by atoms with Crippen LogP contribution in [0.15, 0.2) is 29.3 Å². The van der Waals surface area contributed by atoms with Crippen LogP contribution < -0.4 is 0 Å². The van der Waals surface area contributed by atoms with Crippen molar-refractivity contribution in [2.24, 2.45) is 5.92 Å². The number of hydrogen-bond acceptors (Lipinski definition) is 5. The SMILES string of the molecule is COC(=O)C1CSc2[nH]c(=S)sc2C1c1ccc(C(C)(C)C)cc1. The molecule has 0 amide bonds. The fourth-order valence-corrected chi connectivity index (χ4v) is 5.86. The number of aromatic amines is 1. The van der Waals surface area contributed by atoms with Crippen LogP contribution in [0.1, 0.15) is 42.7 Å². The molecule has 2 heterocycles. The molecule has 1 aromatic carbocycles. The Kier molecular flexibility index (Phi) is 4.91. The predicted molar refractivity (Wildman–Crippen MR) is 103 cm³/mol. The minimum atomic E-state index is -0.186. The maximum atomic E-state index is 12.3. The van der Waals surface area contributed by atoms with Gasteiger partial charge in [0.1, 0.15) is 0 Å². The van der Waals surface area contributed by atoms with Crippen molar-refractivity contribution in [3.05, 3.63) is 44.2 Å². The van der Waals surface area contributed by atoms with Crippen molar-refractivity contribution in [2.75, 3.05) is 12.9 Å². The van der Waals surface area contributed by atoms with Gasteiger partial charge in [0, 0.05) is 16.5 Å². The number of carbonyl (C=O) groups excluding carboxylic acids is 1. The Labute approximate surface area is 155 Å². The van der Waals surface area contributed by atoms with Gasteiger partial charge in [-0.05, 0) is 28.8 Å². The highest BCUT2D eigenvalue weighted by atomic mass is 32.2. The number of thioether (sulfide) groups is 1. The van der Waals surface area contributed by atoms with E-state index in [0.29, 0.717) is 5.75 Å². The van der Waals surface area contributed by atoms with Crippen LogP contribution in [0.2, 0.25) is 0 Å². The lowest BCUT2D eigenvalue weighted by atomic mass is 9.82. The second-order valence-corrected chi connectivity index (χ2v) is 9.75. The van der Waals surface area contributed by atoms with Gasteiger partial charge in [-0.1, -0.05) is 45.0 Å². The quantitative estimate of drug-likeness (QED) is 0.580. The van der Waals surface area contributed by atoms with E-state index in [1.165, 1.54) is 12.7 Å². The number of nitrogens with one attached hydrogen (secondary N) is 1. The van der Waals surface area contributed by atoms with E-state index in [9.17, 15) is 4.79 Å². The van der Waals surface area contributed by atoms with Gasteiger partial charge < -0.3 is 9.72 Å². The van der Waals surface area contributed by atoms with E-state index >= 15 is 0 Å². The molecule has 2 unspecified atom stereocenters. The summed E-state index contributed by atoms with van der Waals surface area (Å²) < 4.78 is 5.82. The van der Waals surface area contributed by atoms with Crippen LogP contribution in [0.25, 0.3) is 0 Å². The lowest BCUT2D eigenvalue weighted by Gasteiger charge is -2.29. The van der Waals surface area contributed by atoms with Crippen molar-refractivity contribution in [3.63, 3.8) is 0 Å². The summed E-state index contributed by atoms with van der Waals surface area (Å²) in [4.78, 5) is 16.7. The molecule has 6 heteroatoms. The summed E-state index contributed by atoms with van der Waals surface area (Å²) in [5, 5.41) is 1.09. The molecular weight excluding hydrogens is 358 g/mol. The van der Waals surface area contributed by atoms with E-state index in [-0.39, 0.29) is 23.2 Å². The molecule has 1 aromatic heterocycles. The molecule has 0 saturated heterocycles. The number of H-pyrrole nitrogens is 1. The molecule has 0 spiro atoms. The lowest BCUT2D eigenvalue weighted by molar-refractivity contribution is -0.145. The maximum absolute atomic E-state index is 12.3. The monoisotopic (exact) mass is 379 g/mol. The maximum Gasteiger partial charge on any atom is 0.310 e. The first-order valence-electron chi connectivity index (χ1n) is 7.85. The summed E-state index contributed by atoms with van der Waals surface area (Å²) in [5.41, 5.74) is 2.54. The molecule has 24 heavy (non-hydrogen) atoms. The summed E-state index contributed by atoms with van der Waals surface area (Å²) in [7, 11) is 1.46. The van der Waals surface area contributed by atoms with E-state index in [1.807, 2.05) is 0 Å². The van der Waals surface area contributed by atoms with Crippen molar-refractivity contribution >= 4 is 41.3 Å². The predicted octanol–water partition coefficient (Wildman–Crippen LogP) is 5.13. The number of ether oxygens (including phenoxy) is 1. The van der Waals surface area contributed by atoms with Gasteiger partial charge in [-0.2, -0.15) is 0 Å². The smallest absolute Gasteiger partial charge is 0.310 e. The van der Waals surface area contributed by atoms with Gasteiger partial charge in [0.2, 0.25) is 0 Å². The first kappa shape index (κ1) is 17.7. The van der Waals surface area contributed by atoms with Crippen molar-refractivity contribution in [1.82, 2.24) is 4.98 Å². The first-order valence-corrected chi connectivity index (χ1v) is 10.1. The van der Waals surface area contributed by atoms with Gasteiger partial charge in [0.15, 0.2) is 3.95 Å². The molecule has 0 aliphatic carbocycles. The number of benzene rings is 1. The van der Waals surface area contributed by atoms with E-state index in [1.54, 1.807) is 23.1 Å². The minimum Gasteiger partial charge on any atom is -0.469 e. The number of thiazole rings is 1. The number of esters is 1. The number of methoxy groups -OCH3 is 1. The minimum absolute atomic E-state index is 0.000619. The van der Waals surface area contributed by atoms with Crippen molar-refractivity contribution < 1.29 is 9.53 Å². The third kappa shape index (κ3) is 3.32. The number of aromatic nitrogens is 1. The van der Waals surface area contributed by atoms with Gasteiger partial charge in [0.25, 0.3) is 0 Å². The molecule has 0 radical (unpaired) electrons. The second-order valence-electron chi connectivity index (χ2n) is 7.00. The summed E-state index contributed by atoms with van der Waals surface area (Å²) in [6.45, 7) is 6.60. The fourth-order valence-electron chi connectivity index (χ4n) is 3.02. The summed E-state index contributed by atoms with van der Waals surface area (Å²) >= 11 is 8.54. The molecule has 1 N–H and O–H groups in total. The third-order valence-corrected chi connectivity index (χ3v) is 6.96. The van der Waals surface area contributed by atoms with Crippen molar-refractivity contribution in [2.45, 2.75) is 37.1 Å². The Morgan fingerprint density at radius 2 is 1.96 bits per heavy atom. The molecule has 1 aliphatic heterocycles. The molecule has 0 bridgehead atoms. The van der Waals surface area contributed by atoms with Crippen LogP contribution in [0.4, 0.5) is 0 Å². The van der Waals surface area contributed by atoms with Gasteiger partial charge in [-0.15, -0.1) is 23.1 Å². The first-order chi connectivity index (χ1) is 11.3. The summed E-state index contributed by atoms with van der Waals surface area (Å²) in [5.74, 6) is 0.361. The van der Waals surface area contributed by atoms with Gasteiger partial charge >= 0.3 is 5.97 Å². The molecule has 0 fully saturated rings. The average Bonchev–Trinajstić information content (AvgIpc) is 2.92. The Morgan fingerprint density at radius 1 is 1.29 bits per heavy atom. The lowest BCUT2D eigenvalue weighted by Crippen LogP contribution is -2.29. The second kappa shape index (κ2) is 6.65. The summed E-state index contributed by atoms with van der Waals surface area (Å²) in [6, 6.07) is 8.61. The molecule has 3 rings (SSSR count). The molecule has 2 atom stereocenters. The number of fused-ring (bicyclic) bond motifs is 1. The standard InChI is InChI=1S/C18H21NO2S3/c1-18(2,3)11-7-5-10(6-8-11)13-12(16(20)21-4)9-23-15-14(13)24-17(22)19-15/h5-8,12-13H,9H2,1-4H3,(H,19,22). The molecule has 2 aromatic rings. The molecule has 128 valence electrons. The van der Waals surface area contributed by atoms with Crippen LogP contribution in [0.5, 0.6) is 0 Å². The zero-order valence-corrected chi connectivity index (χ0v) is 16.7. The number of hydrogen-bond donors (Lipinski definition) is 1. The highest BCUT2D eigenvalue weighted by molar-refractivity contribution is 7.99. The Balaban J connectivity index is 2.06. The van der Waals surface area contributed by atoms with E-state index in [4.69, 9.17) is 17.0 Å². The molecule has 1 aliphatic rings. The zero-order valence-electron chi connectivity index (χ0n) is 14.2. The highest BCUT2D eigenvalue weighted by Gasteiger charge is 2.38. The van der Waals surface area contributed by atoms with Crippen LogP contribution in [0, 0.1) is 9.87 Å². The Morgan fingerprint density at radius 3 is 2.54 bits per heavy atom. The van der Waals surface area contributed by atoms with Crippen molar-refractivity contribution in [3.8, 4) is 0 Å². The van der Waals surface area contributed by atoms with Crippen LogP contribution >= 0.6 is 35.3 Å². The molecule has 3 nitrogen and oxygen atoms in total. The molecular formula is C18H21NO2S3. The normalized spacial score (nSPS) is 20.5. The highest BCUT2D eigenvalue weighted by Crippen LogP contribution is 2.47. The van der Waals surface area contributed by atoms with E-state index < -0.39 is 0 Å². The average molecular weight is 380 g/mol. The largest absolute Gasteiger partial charge is 0.469 e. The molecule has 0 saturated carbocycles. The topological polar surface area (TPSA) is 42.1 Å².